The first-order valence-electron chi connectivity index (χ1n) is 8.34. The zero-order valence-corrected chi connectivity index (χ0v) is 15.1. The Bertz CT molecular complexity index is 880. The highest BCUT2D eigenvalue weighted by molar-refractivity contribution is 7.89. The summed E-state index contributed by atoms with van der Waals surface area (Å²) in [6.45, 7) is 3.46. The monoisotopic (exact) mass is 385 g/mol. The summed E-state index contributed by atoms with van der Waals surface area (Å²) in [4.78, 5) is 0.523. The first-order chi connectivity index (χ1) is 12.3. The summed E-state index contributed by atoms with van der Waals surface area (Å²) in [5.41, 5.74) is 0.967. The normalized spacial score (nSPS) is 18.0. The molecule has 0 unspecified atom stereocenters. The van der Waals surface area contributed by atoms with Gasteiger partial charge in [0.25, 0.3) is 0 Å². The van der Waals surface area contributed by atoms with Gasteiger partial charge in [-0.2, -0.15) is 4.31 Å². The van der Waals surface area contributed by atoms with E-state index >= 15 is 0 Å². The van der Waals surface area contributed by atoms with Crippen LogP contribution in [0.2, 0.25) is 0 Å². The molecule has 0 aromatic heterocycles. The second kappa shape index (κ2) is 7.38. The summed E-state index contributed by atoms with van der Waals surface area (Å²) in [6, 6.07) is 8.74. The number of nitrogens with one attached hydrogen (secondary N) is 1. The van der Waals surface area contributed by atoms with Crippen molar-refractivity contribution >= 4 is 10.0 Å². The highest BCUT2D eigenvalue weighted by atomic mass is 32.2. The van der Waals surface area contributed by atoms with Gasteiger partial charge in [0.2, 0.25) is 10.0 Å². The van der Waals surface area contributed by atoms with Crippen LogP contribution in [0.15, 0.2) is 47.4 Å². The van der Waals surface area contributed by atoms with E-state index in [0.717, 1.165) is 22.6 Å². The van der Waals surface area contributed by atoms with Crippen molar-refractivity contribution in [1.82, 2.24) is 4.31 Å². The molecule has 0 radical (unpaired) electrons. The van der Waals surface area contributed by atoms with Crippen molar-refractivity contribution in [3.63, 3.8) is 0 Å². The Balaban J connectivity index is 1.71. The zero-order chi connectivity index (χ0) is 18.9. The molecule has 0 amide bonds. The molecule has 8 heteroatoms. The highest BCUT2D eigenvalue weighted by Crippen LogP contribution is 2.21. The highest BCUT2D eigenvalue weighted by Gasteiger charge is 2.34. The minimum absolute atomic E-state index is 0.0753. The Hall–Kier alpha value is -1.90. The summed E-state index contributed by atoms with van der Waals surface area (Å²) in [5, 5.41) is 0. The maximum Gasteiger partial charge on any atom is 0.246 e. The van der Waals surface area contributed by atoms with Crippen molar-refractivity contribution < 1.29 is 26.5 Å². The number of hydrogen-bond acceptors (Lipinski definition) is 2. The maximum absolute atomic E-state index is 13.9. The molecule has 26 heavy (non-hydrogen) atoms. The predicted octanol–water partition coefficient (Wildman–Crippen LogP) is 1.75. The lowest BCUT2D eigenvalue weighted by Gasteiger charge is -2.35. The van der Waals surface area contributed by atoms with E-state index in [2.05, 4.69) is 0 Å². The average molecular weight is 385 g/mol. The van der Waals surface area contributed by atoms with Crippen LogP contribution in [0.5, 0.6) is 0 Å². The van der Waals surface area contributed by atoms with Gasteiger partial charge < -0.3 is 4.90 Å². The minimum atomic E-state index is -4.08. The van der Waals surface area contributed by atoms with Crippen molar-refractivity contribution in [2.75, 3.05) is 26.2 Å². The van der Waals surface area contributed by atoms with E-state index in [1.54, 1.807) is 12.1 Å². The zero-order valence-electron chi connectivity index (χ0n) is 14.3. The van der Waals surface area contributed by atoms with E-state index in [1.165, 1.54) is 16.4 Å². The fourth-order valence-electron chi connectivity index (χ4n) is 3.25. The van der Waals surface area contributed by atoms with Gasteiger partial charge >= 0.3 is 0 Å². The van der Waals surface area contributed by atoms with Crippen LogP contribution in [-0.4, -0.2) is 38.9 Å². The largest absolute Gasteiger partial charge is 0.327 e. The molecular weight excluding hydrogens is 365 g/mol. The van der Waals surface area contributed by atoms with Gasteiger partial charge in [0, 0.05) is 5.56 Å². The quantitative estimate of drug-likeness (QED) is 0.872. The third-order valence-corrected chi connectivity index (χ3v) is 6.77. The predicted molar refractivity (Wildman–Crippen MR) is 90.6 cm³/mol. The molecule has 2 aromatic carbocycles. The summed E-state index contributed by atoms with van der Waals surface area (Å²) in [7, 11) is -4.08. The molecule has 1 atom stereocenters. The second-order valence-electron chi connectivity index (χ2n) is 6.41. The van der Waals surface area contributed by atoms with Crippen LogP contribution in [0.4, 0.5) is 13.2 Å². The van der Waals surface area contributed by atoms with Gasteiger partial charge in [-0.1, -0.05) is 12.1 Å². The smallest absolute Gasteiger partial charge is 0.246 e. The van der Waals surface area contributed by atoms with E-state index in [0.29, 0.717) is 19.2 Å². The fourth-order valence-corrected chi connectivity index (χ4v) is 4.77. The van der Waals surface area contributed by atoms with E-state index in [-0.39, 0.29) is 24.9 Å². The standard InChI is InChI=1S/C18H19F3N2O2S/c1-13(14-2-4-15(19)5-3-14)22-8-10-23(11-9-22)26(24,25)18-12-16(20)6-7-17(18)21/h2-7,12-13H,8-11H2,1H3/p+1/t13-/m0/s1. The van der Waals surface area contributed by atoms with Crippen LogP contribution in [0.25, 0.3) is 0 Å². The number of nitrogens with zero attached hydrogens (tertiary/aromatic N) is 1. The van der Waals surface area contributed by atoms with Gasteiger partial charge in [0.05, 0.1) is 26.2 Å². The minimum Gasteiger partial charge on any atom is -0.327 e. The number of hydrogen-bond donors (Lipinski definition) is 1. The van der Waals surface area contributed by atoms with Crippen LogP contribution in [0.1, 0.15) is 18.5 Å². The summed E-state index contributed by atoms with van der Waals surface area (Å²) < 4.78 is 66.7. The molecule has 0 spiro atoms. The number of piperazine rings is 1. The van der Waals surface area contributed by atoms with Crippen LogP contribution in [0.3, 0.4) is 0 Å². The van der Waals surface area contributed by atoms with Gasteiger partial charge in [0.1, 0.15) is 28.4 Å². The molecule has 140 valence electrons. The second-order valence-corrected chi connectivity index (χ2v) is 8.32. The molecule has 0 bridgehead atoms. The third kappa shape index (κ3) is 3.77. The van der Waals surface area contributed by atoms with E-state index in [4.69, 9.17) is 0 Å². The molecule has 0 saturated carbocycles. The van der Waals surface area contributed by atoms with Gasteiger partial charge in [0.15, 0.2) is 0 Å². The number of sulfonamides is 1. The molecule has 1 N–H and O–H groups in total. The molecule has 0 aliphatic carbocycles. The molecule has 4 nitrogen and oxygen atoms in total. The lowest BCUT2D eigenvalue weighted by molar-refractivity contribution is -0.933. The van der Waals surface area contributed by atoms with Crippen LogP contribution in [-0.2, 0) is 10.0 Å². The van der Waals surface area contributed by atoms with Crippen molar-refractivity contribution in [3.05, 3.63) is 65.5 Å². The molecule has 1 aliphatic heterocycles. The van der Waals surface area contributed by atoms with E-state index in [9.17, 15) is 21.6 Å². The molecule has 3 rings (SSSR count). The number of quaternary nitrogens is 1. The third-order valence-electron chi connectivity index (χ3n) is 4.86. The van der Waals surface area contributed by atoms with Crippen LogP contribution < -0.4 is 4.90 Å². The van der Waals surface area contributed by atoms with Gasteiger partial charge in [-0.25, -0.2) is 21.6 Å². The Morgan fingerprint density at radius 3 is 2.15 bits per heavy atom. The Labute approximate surface area is 150 Å². The van der Waals surface area contributed by atoms with Crippen molar-refractivity contribution in [2.24, 2.45) is 0 Å². The number of benzene rings is 2. The molecule has 1 saturated heterocycles. The molecule has 1 heterocycles. The van der Waals surface area contributed by atoms with Gasteiger partial charge in [-0.15, -0.1) is 0 Å². The van der Waals surface area contributed by atoms with Crippen LogP contribution >= 0.6 is 0 Å². The topological polar surface area (TPSA) is 41.8 Å². The van der Waals surface area contributed by atoms with Crippen LogP contribution in [0, 0.1) is 17.5 Å². The van der Waals surface area contributed by atoms with Gasteiger partial charge in [-0.05, 0) is 37.3 Å². The molecular formula is C18H20F3N2O2S+. The SMILES string of the molecule is C[C@@H](c1ccc(F)cc1)[NH+]1CCN(S(=O)(=O)c2cc(F)ccc2F)CC1. The first-order valence-corrected chi connectivity index (χ1v) is 9.78. The Morgan fingerprint density at radius 2 is 1.54 bits per heavy atom. The van der Waals surface area contributed by atoms with Gasteiger partial charge in [-0.3, -0.25) is 0 Å². The summed E-state index contributed by atoms with van der Waals surface area (Å²) in [6.07, 6.45) is 0. The van der Waals surface area contributed by atoms with E-state index < -0.39 is 26.6 Å². The summed E-state index contributed by atoms with van der Waals surface area (Å²) in [5.74, 6) is -2.05. The fraction of sp³-hybridized carbons (Fsp3) is 0.333. The Morgan fingerprint density at radius 1 is 0.962 bits per heavy atom. The van der Waals surface area contributed by atoms with Crippen molar-refractivity contribution in [1.29, 1.82) is 0 Å². The molecule has 2 aromatic rings. The maximum atomic E-state index is 13.9. The lowest BCUT2D eigenvalue weighted by atomic mass is 10.1. The molecule has 1 aliphatic rings. The summed E-state index contributed by atoms with van der Waals surface area (Å²) >= 11 is 0. The van der Waals surface area contributed by atoms with Crippen molar-refractivity contribution in [2.45, 2.75) is 17.9 Å². The first kappa shape index (κ1) is 18.9. The lowest BCUT2D eigenvalue weighted by Crippen LogP contribution is -3.14. The number of rotatable bonds is 4. The van der Waals surface area contributed by atoms with E-state index in [1.807, 2.05) is 6.92 Å². The molecule has 1 fully saturated rings. The number of halogens is 3. The van der Waals surface area contributed by atoms with Crippen molar-refractivity contribution in [3.8, 4) is 0 Å². The average Bonchev–Trinajstić information content (AvgIpc) is 2.64. The Kier molecular flexibility index (Phi) is 5.36.